The number of carboxylic acid groups (broad SMARTS) is 1. The minimum atomic E-state index is -1.13. The van der Waals surface area contributed by atoms with Gasteiger partial charge in [0, 0.05) is 5.41 Å². The Bertz CT molecular complexity index is 532. The largest absolute Gasteiger partial charge is 0.478 e. The van der Waals surface area contributed by atoms with Gasteiger partial charge in [0.1, 0.15) is 0 Å². The molecule has 4 nitrogen and oxygen atoms in total. The van der Waals surface area contributed by atoms with E-state index in [-0.39, 0.29) is 16.4 Å². The molecule has 104 valence electrons. The van der Waals surface area contributed by atoms with E-state index >= 15 is 0 Å². The van der Waals surface area contributed by atoms with Crippen LogP contribution < -0.4 is 5.73 Å². The third kappa shape index (κ3) is 3.14. The SMILES string of the molecule is Cc1c(C(N)C(=O)C(C)(C)C)ccc(Cl)c1C(=O)O. The number of nitrogens with two attached hydrogens (primary N) is 1. The number of ketones is 1. The van der Waals surface area contributed by atoms with Gasteiger partial charge in [0.15, 0.2) is 5.78 Å². The number of aromatic carboxylic acids is 1. The van der Waals surface area contributed by atoms with Crippen LogP contribution in [0.1, 0.15) is 48.3 Å². The van der Waals surface area contributed by atoms with Crippen LogP contribution in [0.4, 0.5) is 0 Å². The molecular formula is C14H18ClNO3. The zero-order chi connectivity index (χ0) is 15.0. The summed E-state index contributed by atoms with van der Waals surface area (Å²) in [6, 6.07) is 2.22. The van der Waals surface area contributed by atoms with E-state index < -0.39 is 17.4 Å². The van der Waals surface area contributed by atoms with E-state index in [1.165, 1.54) is 6.07 Å². The first-order valence-corrected chi connectivity index (χ1v) is 6.27. The van der Waals surface area contributed by atoms with Crippen LogP contribution in [0.3, 0.4) is 0 Å². The van der Waals surface area contributed by atoms with Gasteiger partial charge in [-0.05, 0) is 24.1 Å². The third-order valence-corrected chi connectivity index (χ3v) is 3.34. The topological polar surface area (TPSA) is 80.4 Å². The number of carbonyl (C=O) groups excluding carboxylic acids is 1. The molecule has 0 aliphatic rings. The molecule has 5 heteroatoms. The highest BCUT2D eigenvalue weighted by Gasteiger charge is 2.30. The Balaban J connectivity index is 3.34. The number of Topliss-reactive ketones (excluding diaryl/α,β-unsaturated/α-hetero) is 1. The molecule has 0 aliphatic carbocycles. The molecule has 0 saturated heterocycles. The predicted octanol–water partition coefficient (Wildman–Crippen LogP) is 2.96. The van der Waals surface area contributed by atoms with Crippen molar-refractivity contribution in [1.82, 2.24) is 0 Å². The van der Waals surface area contributed by atoms with Crippen LogP contribution in [0.2, 0.25) is 5.02 Å². The Hall–Kier alpha value is -1.39. The van der Waals surface area contributed by atoms with Crippen molar-refractivity contribution >= 4 is 23.4 Å². The molecule has 0 heterocycles. The molecule has 1 aromatic rings. The molecule has 0 aromatic heterocycles. The van der Waals surface area contributed by atoms with Crippen molar-refractivity contribution in [1.29, 1.82) is 0 Å². The van der Waals surface area contributed by atoms with E-state index in [0.717, 1.165) is 0 Å². The van der Waals surface area contributed by atoms with E-state index in [1.807, 2.05) is 0 Å². The minimum Gasteiger partial charge on any atom is -0.478 e. The van der Waals surface area contributed by atoms with Gasteiger partial charge in [-0.2, -0.15) is 0 Å². The van der Waals surface area contributed by atoms with Gasteiger partial charge >= 0.3 is 5.97 Å². The third-order valence-electron chi connectivity index (χ3n) is 3.03. The first-order chi connectivity index (χ1) is 8.57. The summed E-state index contributed by atoms with van der Waals surface area (Å²) < 4.78 is 0. The van der Waals surface area contributed by atoms with Crippen LogP contribution in [0, 0.1) is 12.3 Å². The standard InChI is InChI=1S/C14H18ClNO3/c1-7-8(11(16)12(17)14(2,3)4)5-6-9(15)10(7)13(18)19/h5-6,11H,16H2,1-4H3,(H,18,19). The lowest BCUT2D eigenvalue weighted by molar-refractivity contribution is -0.127. The number of hydrogen-bond acceptors (Lipinski definition) is 3. The first-order valence-electron chi connectivity index (χ1n) is 5.89. The average molecular weight is 284 g/mol. The van der Waals surface area contributed by atoms with Gasteiger partial charge in [0.05, 0.1) is 16.6 Å². The molecule has 1 rings (SSSR count). The quantitative estimate of drug-likeness (QED) is 0.894. The highest BCUT2D eigenvalue weighted by Crippen LogP contribution is 2.30. The molecule has 0 bridgehead atoms. The summed E-state index contributed by atoms with van der Waals surface area (Å²) in [5, 5.41) is 9.28. The van der Waals surface area contributed by atoms with Crippen LogP contribution in [-0.4, -0.2) is 16.9 Å². The molecule has 0 saturated carbocycles. The highest BCUT2D eigenvalue weighted by atomic mass is 35.5. The second-order valence-electron chi connectivity index (χ2n) is 5.53. The Morgan fingerprint density at radius 3 is 2.26 bits per heavy atom. The number of benzene rings is 1. The molecular weight excluding hydrogens is 266 g/mol. The zero-order valence-corrected chi connectivity index (χ0v) is 12.2. The van der Waals surface area contributed by atoms with E-state index in [1.54, 1.807) is 33.8 Å². The van der Waals surface area contributed by atoms with E-state index in [4.69, 9.17) is 22.4 Å². The van der Waals surface area contributed by atoms with E-state index in [0.29, 0.717) is 11.1 Å². The van der Waals surface area contributed by atoms with Crippen molar-refractivity contribution in [3.63, 3.8) is 0 Å². The van der Waals surface area contributed by atoms with Gasteiger partial charge in [0.25, 0.3) is 0 Å². The molecule has 1 aromatic carbocycles. The predicted molar refractivity (Wildman–Crippen MR) is 74.5 cm³/mol. The molecule has 0 fully saturated rings. The van der Waals surface area contributed by atoms with Gasteiger partial charge in [-0.3, -0.25) is 4.79 Å². The van der Waals surface area contributed by atoms with Gasteiger partial charge in [0.2, 0.25) is 0 Å². The van der Waals surface area contributed by atoms with Crippen molar-refractivity contribution in [3.05, 3.63) is 33.8 Å². The van der Waals surface area contributed by atoms with Crippen molar-refractivity contribution < 1.29 is 14.7 Å². The van der Waals surface area contributed by atoms with Crippen LogP contribution in [0.5, 0.6) is 0 Å². The maximum Gasteiger partial charge on any atom is 0.337 e. The van der Waals surface area contributed by atoms with Crippen LogP contribution in [0.15, 0.2) is 12.1 Å². The Labute approximate surface area is 117 Å². The summed E-state index contributed by atoms with van der Waals surface area (Å²) in [5.41, 5.74) is 6.30. The lowest BCUT2D eigenvalue weighted by Crippen LogP contribution is -2.32. The number of carboxylic acids is 1. The zero-order valence-electron chi connectivity index (χ0n) is 11.5. The van der Waals surface area contributed by atoms with E-state index in [9.17, 15) is 9.59 Å². The Morgan fingerprint density at radius 2 is 1.84 bits per heavy atom. The maximum absolute atomic E-state index is 12.2. The number of hydrogen-bond donors (Lipinski definition) is 2. The fraction of sp³-hybridized carbons (Fsp3) is 0.429. The van der Waals surface area contributed by atoms with Gasteiger partial charge in [-0.25, -0.2) is 4.79 Å². The Kier molecular flexibility index (Phi) is 4.38. The summed E-state index contributed by atoms with van der Waals surface area (Å²) in [6.07, 6.45) is 0. The second kappa shape index (κ2) is 5.31. The van der Waals surface area contributed by atoms with Crippen molar-refractivity contribution in [3.8, 4) is 0 Å². The van der Waals surface area contributed by atoms with E-state index in [2.05, 4.69) is 0 Å². The lowest BCUT2D eigenvalue weighted by atomic mass is 9.82. The molecule has 1 atom stereocenters. The van der Waals surface area contributed by atoms with Crippen LogP contribution in [-0.2, 0) is 4.79 Å². The van der Waals surface area contributed by atoms with Gasteiger partial charge in [-0.1, -0.05) is 38.4 Å². The Morgan fingerprint density at radius 1 is 1.32 bits per heavy atom. The lowest BCUT2D eigenvalue weighted by Gasteiger charge is -2.23. The van der Waals surface area contributed by atoms with Crippen LogP contribution >= 0.6 is 11.6 Å². The molecule has 0 aliphatic heterocycles. The van der Waals surface area contributed by atoms with Crippen LogP contribution in [0.25, 0.3) is 0 Å². The van der Waals surface area contributed by atoms with Gasteiger partial charge < -0.3 is 10.8 Å². The second-order valence-corrected chi connectivity index (χ2v) is 5.94. The normalized spacial score (nSPS) is 13.2. The molecule has 19 heavy (non-hydrogen) atoms. The summed E-state index contributed by atoms with van der Waals surface area (Å²) >= 11 is 5.86. The molecule has 0 amide bonds. The van der Waals surface area contributed by atoms with Crippen molar-refractivity contribution in [2.24, 2.45) is 11.1 Å². The number of carbonyl (C=O) groups is 2. The van der Waals surface area contributed by atoms with Gasteiger partial charge in [-0.15, -0.1) is 0 Å². The smallest absolute Gasteiger partial charge is 0.337 e. The molecule has 0 spiro atoms. The summed E-state index contributed by atoms with van der Waals surface area (Å²) in [6.45, 7) is 6.94. The molecule has 0 radical (unpaired) electrons. The average Bonchev–Trinajstić information content (AvgIpc) is 2.25. The summed E-state index contributed by atoms with van der Waals surface area (Å²) in [4.78, 5) is 23.4. The van der Waals surface area contributed by atoms with Crippen molar-refractivity contribution in [2.75, 3.05) is 0 Å². The summed E-state index contributed by atoms with van der Waals surface area (Å²) in [7, 11) is 0. The number of rotatable bonds is 3. The highest BCUT2D eigenvalue weighted by molar-refractivity contribution is 6.33. The molecule has 3 N–H and O–H groups in total. The first kappa shape index (κ1) is 15.7. The fourth-order valence-electron chi connectivity index (χ4n) is 1.90. The fourth-order valence-corrected chi connectivity index (χ4v) is 2.19. The molecule has 1 unspecified atom stereocenters. The summed E-state index contributed by atoms with van der Waals surface area (Å²) in [5.74, 6) is -1.27. The monoisotopic (exact) mass is 283 g/mol. The van der Waals surface area contributed by atoms with Crippen molar-refractivity contribution in [2.45, 2.75) is 33.7 Å². The minimum absolute atomic E-state index is 0.00340. The number of halogens is 1. The maximum atomic E-state index is 12.2.